The van der Waals surface area contributed by atoms with Crippen LogP contribution in [0.1, 0.15) is 5.56 Å². The number of hydrogen-bond donors (Lipinski definition) is 1. The standard InChI is InChI=1S/C13H18FN3O5S/c1-10-8-12(17(19)20)13(9-11(10)14)23(21,22)16-4-2-15(3-5-16)6-7-18/h8-9,18H,2-7H2,1H3. The van der Waals surface area contributed by atoms with Gasteiger partial charge in [-0.1, -0.05) is 0 Å². The maximum Gasteiger partial charge on any atom is 0.289 e. The van der Waals surface area contributed by atoms with Crippen LogP contribution < -0.4 is 0 Å². The number of benzene rings is 1. The molecule has 0 atom stereocenters. The normalized spacial score (nSPS) is 17.3. The summed E-state index contributed by atoms with van der Waals surface area (Å²) in [6.07, 6.45) is 0. The average molecular weight is 347 g/mol. The van der Waals surface area contributed by atoms with Crippen molar-refractivity contribution in [3.05, 3.63) is 33.6 Å². The van der Waals surface area contributed by atoms with Crippen molar-refractivity contribution in [3.63, 3.8) is 0 Å². The molecule has 10 heteroatoms. The number of aliphatic hydroxyl groups excluding tert-OH is 1. The van der Waals surface area contributed by atoms with Crippen molar-refractivity contribution in [1.29, 1.82) is 0 Å². The van der Waals surface area contributed by atoms with E-state index in [2.05, 4.69) is 0 Å². The Morgan fingerprint density at radius 1 is 1.30 bits per heavy atom. The molecule has 0 bridgehead atoms. The highest BCUT2D eigenvalue weighted by atomic mass is 32.2. The zero-order valence-electron chi connectivity index (χ0n) is 12.6. The lowest BCUT2D eigenvalue weighted by Gasteiger charge is -2.33. The molecular formula is C13H18FN3O5S. The van der Waals surface area contributed by atoms with Crippen molar-refractivity contribution in [2.24, 2.45) is 0 Å². The second-order valence-corrected chi connectivity index (χ2v) is 7.20. The fourth-order valence-corrected chi connectivity index (χ4v) is 4.04. The van der Waals surface area contributed by atoms with Crippen LogP contribution in [0.15, 0.2) is 17.0 Å². The average Bonchev–Trinajstić information content (AvgIpc) is 2.50. The van der Waals surface area contributed by atoms with Crippen LogP contribution in [0.5, 0.6) is 0 Å². The third kappa shape index (κ3) is 3.66. The van der Waals surface area contributed by atoms with E-state index >= 15 is 0 Å². The molecule has 1 aromatic rings. The Labute approximate surface area is 133 Å². The molecular weight excluding hydrogens is 329 g/mol. The number of nitro benzene ring substituents is 1. The second kappa shape index (κ2) is 6.87. The monoisotopic (exact) mass is 347 g/mol. The Kier molecular flexibility index (Phi) is 5.30. The minimum Gasteiger partial charge on any atom is -0.395 e. The van der Waals surface area contributed by atoms with Gasteiger partial charge in [0.25, 0.3) is 5.69 Å². The molecule has 2 rings (SSSR count). The van der Waals surface area contributed by atoms with Crippen LogP contribution >= 0.6 is 0 Å². The molecule has 1 N–H and O–H groups in total. The molecule has 0 aromatic heterocycles. The quantitative estimate of drug-likeness (QED) is 0.608. The van der Waals surface area contributed by atoms with Crippen LogP contribution in [0.4, 0.5) is 10.1 Å². The molecule has 1 heterocycles. The lowest BCUT2D eigenvalue weighted by molar-refractivity contribution is -0.388. The van der Waals surface area contributed by atoms with Gasteiger partial charge in [-0.15, -0.1) is 0 Å². The van der Waals surface area contributed by atoms with E-state index in [-0.39, 0.29) is 25.3 Å². The predicted molar refractivity (Wildman–Crippen MR) is 80.1 cm³/mol. The first-order valence-corrected chi connectivity index (χ1v) is 8.49. The Morgan fingerprint density at radius 2 is 1.91 bits per heavy atom. The van der Waals surface area contributed by atoms with Gasteiger partial charge in [-0.25, -0.2) is 12.8 Å². The highest BCUT2D eigenvalue weighted by Gasteiger charge is 2.34. The third-order valence-electron chi connectivity index (χ3n) is 3.80. The number of piperazine rings is 1. The van der Waals surface area contributed by atoms with E-state index in [4.69, 9.17) is 5.11 Å². The van der Waals surface area contributed by atoms with E-state index in [0.29, 0.717) is 25.7 Å². The van der Waals surface area contributed by atoms with E-state index in [9.17, 15) is 22.9 Å². The molecule has 0 amide bonds. The Balaban J connectivity index is 2.34. The molecule has 8 nitrogen and oxygen atoms in total. The first kappa shape index (κ1) is 17.7. The minimum absolute atomic E-state index is 0.0171. The van der Waals surface area contributed by atoms with Crippen molar-refractivity contribution < 1.29 is 22.8 Å². The number of nitrogens with zero attached hydrogens (tertiary/aromatic N) is 3. The molecule has 1 aliphatic rings. The lowest BCUT2D eigenvalue weighted by atomic mass is 10.2. The summed E-state index contributed by atoms with van der Waals surface area (Å²) < 4.78 is 40.1. The fourth-order valence-electron chi connectivity index (χ4n) is 2.47. The van der Waals surface area contributed by atoms with Crippen LogP contribution in [0.2, 0.25) is 0 Å². The highest BCUT2D eigenvalue weighted by Crippen LogP contribution is 2.29. The fraction of sp³-hybridized carbons (Fsp3) is 0.538. The van der Waals surface area contributed by atoms with Crippen molar-refractivity contribution in [1.82, 2.24) is 9.21 Å². The summed E-state index contributed by atoms with van der Waals surface area (Å²) >= 11 is 0. The Morgan fingerprint density at radius 3 is 2.43 bits per heavy atom. The summed E-state index contributed by atoms with van der Waals surface area (Å²) in [7, 11) is -4.15. The Hall–Kier alpha value is -1.62. The number of rotatable bonds is 5. The molecule has 1 saturated heterocycles. The number of nitro groups is 1. The molecule has 23 heavy (non-hydrogen) atoms. The summed E-state index contributed by atoms with van der Waals surface area (Å²) in [5, 5.41) is 20.0. The smallest absolute Gasteiger partial charge is 0.289 e. The maximum atomic E-state index is 13.7. The molecule has 0 aliphatic carbocycles. The van der Waals surface area contributed by atoms with Gasteiger partial charge < -0.3 is 5.11 Å². The molecule has 1 fully saturated rings. The highest BCUT2D eigenvalue weighted by molar-refractivity contribution is 7.89. The maximum absolute atomic E-state index is 13.7. The molecule has 0 radical (unpaired) electrons. The van der Waals surface area contributed by atoms with Crippen molar-refractivity contribution in [2.75, 3.05) is 39.3 Å². The van der Waals surface area contributed by atoms with Crippen LogP contribution in [-0.4, -0.2) is 67.0 Å². The molecule has 1 aromatic carbocycles. The van der Waals surface area contributed by atoms with Gasteiger partial charge in [-0.05, 0) is 12.5 Å². The zero-order valence-corrected chi connectivity index (χ0v) is 13.4. The van der Waals surface area contributed by atoms with Gasteiger partial charge in [-0.3, -0.25) is 15.0 Å². The van der Waals surface area contributed by atoms with Crippen LogP contribution in [0, 0.1) is 22.9 Å². The SMILES string of the molecule is Cc1cc([N+](=O)[O-])c(S(=O)(=O)N2CCN(CCO)CC2)cc1F. The number of halogens is 1. The zero-order chi connectivity index (χ0) is 17.2. The van der Waals surface area contributed by atoms with E-state index in [0.717, 1.165) is 10.4 Å². The van der Waals surface area contributed by atoms with Gasteiger partial charge in [0.05, 0.1) is 11.5 Å². The molecule has 0 spiro atoms. The van der Waals surface area contributed by atoms with Gasteiger partial charge in [0.2, 0.25) is 10.0 Å². The molecule has 0 saturated carbocycles. The first-order valence-electron chi connectivity index (χ1n) is 7.05. The van der Waals surface area contributed by atoms with Crippen molar-refractivity contribution >= 4 is 15.7 Å². The molecule has 1 aliphatic heterocycles. The minimum atomic E-state index is -4.15. The topological polar surface area (TPSA) is 104 Å². The van der Waals surface area contributed by atoms with Gasteiger partial charge in [0.15, 0.2) is 4.90 Å². The van der Waals surface area contributed by atoms with E-state index in [1.165, 1.54) is 6.92 Å². The van der Waals surface area contributed by atoms with Crippen molar-refractivity contribution in [3.8, 4) is 0 Å². The van der Waals surface area contributed by atoms with Crippen LogP contribution in [0.3, 0.4) is 0 Å². The van der Waals surface area contributed by atoms with E-state index < -0.39 is 31.3 Å². The lowest BCUT2D eigenvalue weighted by Crippen LogP contribution is -2.49. The van der Waals surface area contributed by atoms with Gasteiger partial charge >= 0.3 is 0 Å². The van der Waals surface area contributed by atoms with Gasteiger partial charge in [0.1, 0.15) is 5.82 Å². The van der Waals surface area contributed by atoms with Crippen LogP contribution in [-0.2, 0) is 10.0 Å². The summed E-state index contributed by atoms with van der Waals surface area (Å²) in [4.78, 5) is 11.6. The number of β-amino-alcohol motifs (C(OH)–C–C–N with tert-alkyl or cyclic N) is 1. The number of aliphatic hydroxyl groups is 1. The molecule has 0 unspecified atom stereocenters. The van der Waals surface area contributed by atoms with E-state index in [1.807, 2.05) is 4.90 Å². The third-order valence-corrected chi connectivity index (χ3v) is 5.73. The predicted octanol–water partition coefficient (Wildman–Crippen LogP) is 0.341. The largest absolute Gasteiger partial charge is 0.395 e. The number of aryl methyl sites for hydroxylation is 1. The van der Waals surface area contributed by atoms with Crippen LogP contribution in [0.25, 0.3) is 0 Å². The van der Waals surface area contributed by atoms with Gasteiger partial charge in [0, 0.05) is 44.9 Å². The van der Waals surface area contributed by atoms with E-state index in [1.54, 1.807) is 0 Å². The molecule has 128 valence electrons. The first-order chi connectivity index (χ1) is 10.8. The summed E-state index contributed by atoms with van der Waals surface area (Å²) in [5.74, 6) is -0.798. The number of sulfonamides is 1. The summed E-state index contributed by atoms with van der Waals surface area (Å²) in [5.41, 5.74) is -0.606. The summed E-state index contributed by atoms with van der Waals surface area (Å²) in [6, 6.07) is 1.65. The second-order valence-electron chi connectivity index (χ2n) is 5.30. The van der Waals surface area contributed by atoms with Gasteiger partial charge in [-0.2, -0.15) is 4.31 Å². The van der Waals surface area contributed by atoms with Crippen molar-refractivity contribution in [2.45, 2.75) is 11.8 Å². The Bertz CT molecular complexity index is 702. The number of hydrogen-bond acceptors (Lipinski definition) is 6. The summed E-state index contributed by atoms with van der Waals surface area (Å²) in [6.45, 7) is 2.83.